The molecule has 0 radical (unpaired) electrons. The Morgan fingerprint density at radius 2 is 1.61 bits per heavy atom. The highest BCUT2D eigenvalue weighted by Crippen LogP contribution is 2.30. The van der Waals surface area contributed by atoms with Crippen molar-refractivity contribution in [3.05, 3.63) is 130 Å². The lowest BCUT2D eigenvalue weighted by atomic mass is 10.0. The molecule has 0 aliphatic heterocycles. The van der Waals surface area contributed by atoms with Crippen LogP contribution >= 0.6 is 11.6 Å². The number of hydrogen-bond acceptors (Lipinski definition) is 5. The Balaban J connectivity index is 1.51. The van der Waals surface area contributed by atoms with Crippen LogP contribution in [0.25, 0.3) is 28.6 Å². The molecule has 0 fully saturated rings. The number of aryl methyl sites for hydroxylation is 1. The summed E-state index contributed by atoms with van der Waals surface area (Å²) in [6, 6.07) is 21.2. The Kier molecular flexibility index (Phi) is 9.24. The molecule has 0 aliphatic carbocycles. The van der Waals surface area contributed by atoms with Gasteiger partial charge in [0.15, 0.2) is 5.82 Å². The summed E-state index contributed by atoms with van der Waals surface area (Å²) in [6.45, 7) is 3.76. The van der Waals surface area contributed by atoms with E-state index in [9.17, 15) is 14.4 Å². The molecule has 234 valence electrons. The molecule has 5 rings (SSSR count). The van der Waals surface area contributed by atoms with Crippen molar-refractivity contribution >= 4 is 35.2 Å². The van der Waals surface area contributed by atoms with Crippen molar-refractivity contribution in [3.8, 4) is 22.5 Å². The SMILES string of the molecule is CC(C)n1cc(-c2ccc(Cl)c(C=C(NC(=O)C(F)(F)c3ccccc3)C(=O)Nc3ccc(-c4nncn4C)cc3)c2)ccc1=O. The molecule has 0 unspecified atom stereocenters. The van der Waals surface area contributed by atoms with Gasteiger partial charge in [0.25, 0.3) is 17.4 Å². The van der Waals surface area contributed by atoms with Gasteiger partial charge >= 0.3 is 5.92 Å². The zero-order chi connectivity index (χ0) is 33.0. The van der Waals surface area contributed by atoms with E-state index in [1.54, 1.807) is 83.3 Å². The van der Waals surface area contributed by atoms with Gasteiger partial charge in [0.05, 0.1) is 0 Å². The number of nitrogens with one attached hydrogen (secondary N) is 2. The maximum absolute atomic E-state index is 15.2. The minimum Gasteiger partial charge on any atom is -0.321 e. The number of halogens is 3. The Hall–Kier alpha value is -5.42. The summed E-state index contributed by atoms with van der Waals surface area (Å²) in [6.07, 6.45) is 4.48. The van der Waals surface area contributed by atoms with Gasteiger partial charge in [-0.25, -0.2) is 0 Å². The van der Waals surface area contributed by atoms with Crippen molar-refractivity contribution in [1.82, 2.24) is 24.6 Å². The molecule has 5 aromatic rings. The second kappa shape index (κ2) is 13.3. The summed E-state index contributed by atoms with van der Waals surface area (Å²) in [4.78, 5) is 38.8. The van der Waals surface area contributed by atoms with Gasteiger partial charge in [-0.05, 0) is 79.1 Å². The molecule has 2 heterocycles. The van der Waals surface area contributed by atoms with E-state index in [4.69, 9.17) is 11.6 Å². The summed E-state index contributed by atoms with van der Waals surface area (Å²) in [7, 11) is 1.79. The van der Waals surface area contributed by atoms with E-state index < -0.39 is 29.0 Å². The molecular weight excluding hydrogens is 614 g/mol. The van der Waals surface area contributed by atoms with Crippen LogP contribution in [0, 0.1) is 0 Å². The van der Waals surface area contributed by atoms with Crippen LogP contribution in [0.5, 0.6) is 0 Å². The van der Waals surface area contributed by atoms with E-state index in [1.807, 2.05) is 13.8 Å². The molecule has 2 N–H and O–H groups in total. The maximum atomic E-state index is 15.2. The molecule has 0 aliphatic rings. The molecule has 46 heavy (non-hydrogen) atoms. The smallest absolute Gasteiger partial charge is 0.321 e. The molecule has 0 bridgehead atoms. The van der Waals surface area contributed by atoms with E-state index in [0.29, 0.717) is 22.6 Å². The summed E-state index contributed by atoms with van der Waals surface area (Å²) in [5.74, 6) is -5.91. The first-order valence-corrected chi connectivity index (χ1v) is 14.6. The molecule has 9 nitrogen and oxygen atoms in total. The molecule has 2 amide bonds. The first kappa shape index (κ1) is 32.0. The Bertz CT molecular complexity index is 1990. The van der Waals surface area contributed by atoms with Crippen molar-refractivity contribution in [2.24, 2.45) is 7.05 Å². The molecule has 0 saturated carbocycles. The Morgan fingerprint density at radius 3 is 2.26 bits per heavy atom. The van der Waals surface area contributed by atoms with E-state index in [0.717, 1.165) is 17.7 Å². The molecule has 2 aromatic heterocycles. The Labute approximate surface area is 268 Å². The van der Waals surface area contributed by atoms with Gasteiger partial charge in [-0.15, -0.1) is 10.2 Å². The van der Waals surface area contributed by atoms with Crippen LogP contribution in [-0.4, -0.2) is 31.1 Å². The third-order valence-corrected chi connectivity index (χ3v) is 7.49. The fourth-order valence-electron chi connectivity index (χ4n) is 4.65. The van der Waals surface area contributed by atoms with Gasteiger partial charge in [-0.1, -0.05) is 48.0 Å². The van der Waals surface area contributed by atoms with Crippen molar-refractivity contribution in [1.29, 1.82) is 0 Å². The zero-order valence-electron chi connectivity index (χ0n) is 25.0. The lowest BCUT2D eigenvalue weighted by molar-refractivity contribution is -0.146. The van der Waals surface area contributed by atoms with Gasteiger partial charge in [0.1, 0.15) is 12.0 Å². The highest BCUT2D eigenvalue weighted by atomic mass is 35.5. The van der Waals surface area contributed by atoms with E-state index in [2.05, 4.69) is 20.8 Å². The fraction of sp³-hybridized carbons (Fsp3) is 0.147. The van der Waals surface area contributed by atoms with Gasteiger partial charge in [0, 0.05) is 47.2 Å². The number of aromatic nitrogens is 4. The first-order chi connectivity index (χ1) is 21.9. The highest BCUT2D eigenvalue weighted by molar-refractivity contribution is 6.32. The van der Waals surface area contributed by atoms with Crippen LogP contribution in [0.15, 0.2) is 108 Å². The number of nitrogens with zero attached hydrogens (tertiary/aromatic N) is 4. The Morgan fingerprint density at radius 1 is 0.935 bits per heavy atom. The standard InChI is InChI=1S/C34H29ClF2N6O3/c1-21(2)43-19-24(12-16-30(43)44)23-11-15-28(35)25(17-23)18-29(40-33(46)34(36,37)26-7-5-4-6-8-26)32(45)39-27-13-9-22(10-14-27)31-41-38-20-42(31)3/h4-21H,1-3H3,(H,39,45)(H,40,46). The highest BCUT2D eigenvalue weighted by Gasteiger charge is 2.41. The monoisotopic (exact) mass is 642 g/mol. The van der Waals surface area contributed by atoms with Crippen LogP contribution in [0.2, 0.25) is 5.02 Å². The average molecular weight is 643 g/mol. The molecule has 0 saturated heterocycles. The number of rotatable bonds is 9. The van der Waals surface area contributed by atoms with Gasteiger partial charge in [-0.2, -0.15) is 8.78 Å². The number of pyridine rings is 1. The molecule has 0 atom stereocenters. The van der Waals surface area contributed by atoms with E-state index in [-0.39, 0.29) is 22.2 Å². The van der Waals surface area contributed by atoms with Crippen molar-refractivity contribution in [2.75, 3.05) is 5.32 Å². The third-order valence-electron chi connectivity index (χ3n) is 7.15. The van der Waals surface area contributed by atoms with Crippen LogP contribution in [0.1, 0.15) is 31.0 Å². The molecule has 3 aromatic carbocycles. The third kappa shape index (κ3) is 6.94. The predicted octanol–water partition coefficient (Wildman–Crippen LogP) is 6.43. The summed E-state index contributed by atoms with van der Waals surface area (Å²) < 4.78 is 33.7. The maximum Gasteiger partial charge on any atom is 0.350 e. The first-order valence-electron chi connectivity index (χ1n) is 14.2. The minimum absolute atomic E-state index is 0.0922. The quantitative estimate of drug-likeness (QED) is 0.180. The summed E-state index contributed by atoms with van der Waals surface area (Å²) in [5.41, 5.74) is 1.50. The number of carbonyl (C=O) groups excluding carboxylic acids is 2. The topological polar surface area (TPSA) is 111 Å². The number of anilines is 1. The van der Waals surface area contributed by atoms with Crippen molar-refractivity contribution in [3.63, 3.8) is 0 Å². The van der Waals surface area contributed by atoms with Crippen LogP contribution < -0.4 is 16.2 Å². The summed E-state index contributed by atoms with van der Waals surface area (Å²) in [5, 5.41) is 12.9. The largest absolute Gasteiger partial charge is 0.350 e. The molecule has 0 spiro atoms. The number of amides is 2. The van der Waals surface area contributed by atoms with Gasteiger partial charge in [0.2, 0.25) is 0 Å². The van der Waals surface area contributed by atoms with Crippen LogP contribution in [0.3, 0.4) is 0 Å². The van der Waals surface area contributed by atoms with E-state index >= 15 is 8.78 Å². The second-order valence-corrected chi connectivity index (χ2v) is 11.2. The normalized spacial score (nSPS) is 11.8. The molecule has 12 heteroatoms. The van der Waals surface area contributed by atoms with Crippen LogP contribution in [0.4, 0.5) is 14.5 Å². The average Bonchev–Trinajstić information content (AvgIpc) is 3.48. The zero-order valence-corrected chi connectivity index (χ0v) is 25.8. The number of alkyl halides is 2. The van der Waals surface area contributed by atoms with Gasteiger partial charge < -0.3 is 19.8 Å². The van der Waals surface area contributed by atoms with Crippen molar-refractivity contribution in [2.45, 2.75) is 25.8 Å². The van der Waals surface area contributed by atoms with Gasteiger partial charge in [-0.3, -0.25) is 14.4 Å². The lowest BCUT2D eigenvalue weighted by Gasteiger charge is -2.18. The predicted molar refractivity (Wildman–Crippen MR) is 173 cm³/mol. The molecular formula is C34H29ClF2N6O3. The number of hydrogen-bond donors (Lipinski definition) is 2. The summed E-state index contributed by atoms with van der Waals surface area (Å²) >= 11 is 6.50. The minimum atomic E-state index is -3.95. The fourth-order valence-corrected chi connectivity index (χ4v) is 4.82. The number of carbonyl (C=O) groups is 2. The second-order valence-electron chi connectivity index (χ2n) is 10.7. The lowest BCUT2D eigenvalue weighted by Crippen LogP contribution is -2.40. The van der Waals surface area contributed by atoms with Crippen molar-refractivity contribution < 1.29 is 18.4 Å². The number of benzene rings is 3. The van der Waals surface area contributed by atoms with E-state index in [1.165, 1.54) is 24.3 Å². The van der Waals surface area contributed by atoms with Crippen LogP contribution in [-0.2, 0) is 22.6 Å².